The molecular weight excluding hydrogens is 1240 g/mol. The van der Waals surface area contributed by atoms with Crippen molar-refractivity contribution in [3.8, 4) is 0 Å². The summed E-state index contributed by atoms with van der Waals surface area (Å²) in [6.07, 6.45) is 46.7. The number of aliphatic hydroxyl groups excluding tert-OH is 11. The number of unbranched alkanes of at least 4 members (excludes halogenated alkanes) is 40. The summed E-state index contributed by atoms with van der Waals surface area (Å²) in [6.45, 7) is 1.75. The predicted molar refractivity (Wildman–Crippen MR) is 383 cm³/mol. The van der Waals surface area contributed by atoms with Crippen molar-refractivity contribution in [1.29, 1.82) is 0 Å². The first-order valence-electron chi connectivity index (χ1n) is 39.4. The molecule has 3 rings (SSSR count). The third-order valence-electron chi connectivity index (χ3n) is 19.6. The first-order chi connectivity index (χ1) is 47.3. The number of ether oxygens (including phenoxy) is 6. The van der Waals surface area contributed by atoms with Crippen LogP contribution in [-0.2, 0) is 33.2 Å². The molecule has 3 heterocycles. The highest BCUT2D eigenvalue weighted by Crippen LogP contribution is 2.33. The summed E-state index contributed by atoms with van der Waals surface area (Å²) >= 11 is 0. The molecule has 0 spiro atoms. The third-order valence-corrected chi connectivity index (χ3v) is 19.6. The number of rotatable bonds is 62. The van der Waals surface area contributed by atoms with Crippen molar-refractivity contribution in [1.82, 2.24) is 5.32 Å². The lowest BCUT2D eigenvalue weighted by atomic mass is 9.96. The number of amides is 1. The Balaban J connectivity index is 1.40. The van der Waals surface area contributed by atoms with Crippen LogP contribution in [0.15, 0.2) is 48.6 Å². The number of aliphatic hydroxyl groups is 11. The van der Waals surface area contributed by atoms with Gasteiger partial charge in [0, 0.05) is 6.42 Å². The first kappa shape index (κ1) is 89.0. The summed E-state index contributed by atoms with van der Waals surface area (Å²) in [4.78, 5) is 13.5. The maximum atomic E-state index is 13.5. The molecule has 0 aromatic heterocycles. The van der Waals surface area contributed by atoms with E-state index in [1.165, 1.54) is 231 Å². The number of carbonyl (C=O) groups is 1. The minimum Gasteiger partial charge on any atom is -0.394 e. The van der Waals surface area contributed by atoms with E-state index in [1.807, 2.05) is 6.08 Å². The van der Waals surface area contributed by atoms with Gasteiger partial charge in [-0.3, -0.25) is 4.79 Å². The van der Waals surface area contributed by atoms with Gasteiger partial charge in [-0.2, -0.15) is 0 Å². The van der Waals surface area contributed by atoms with Crippen LogP contribution in [0.3, 0.4) is 0 Å². The topological polar surface area (TPSA) is 307 Å². The van der Waals surface area contributed by atoms with Crippen LogP contribution >= 0.6 is 0 Å². The Morgan fingerprint density at radius 1 is 0.371 bits per heavy atom. The molecule has 0 saturated carbocycles. The molecular formula is C78H143NO18. The Hall–Kier alpha value is -2.25. The van der Waals surface area contributed by atoms with Crippen molar-refractivity contribution < 1.29 is 89.4 Å². The second kappa shape index (κ2) is 59.2. The predicted octanol–water partition coefficient (Wildman–Crippen LogP) is 12.5. The van der Waals surface area contributed by atoms with Crippen LogP contribution in [0, 0.1) is 0 Å². The highest BCUT2D eigenvalue weighted by Gasteiger charge is 2.53. The summed E-state index contributed by atoms with van der Waals surface area (Å²) in [5, 5.41) is 121. The molecule has 17 atom stereocenters. The Kier molecular flexibility index (Phi) is 54.3. The molecule has 0 aromatic rings. The van der Waals surface area contributed by atoms with Crippen LogP contribution < -0.4 is 5.32 Å². The van der Waals surface area contributed by atoms with E-state index in [1.54, 1.807) is 6.08 Å². The van der Waals surface area contributed by atoms with E-state index in [4.69, 9.17) is 28.4 Å². The Morgan fingerprint density at radius 2 is 0.691 bits per heavy atom. The van der Waals surface area contributed by atoms with Crippen molar-refractivity contribution in [3.63, 3.8) is 0 Å². The standard InChI is InChI=1S/C78H143NO18/c1-3-5-7-9-11-13-15-17-19-21-23-25-27-29-30-32-34-36-38-40-42-44-46-48-50-52-54-56-66(84)79-61(62(83)55-53-51-49-47-45-43-41-39-37-35-33-31-28-26-24-22-20-18-16-14-12-10-8-6-4-2)60-92-76-72(90)69(87)74(64(58-81)94-76)97-78-73(91)70(88)75(65(59-82)95-78)96-77-71(89)68(86)67(85)63(57-80)93-77/h15,17,21,23,45,47,53,55,61-65,67-78,80-83,85-91H,3-14,16,18-20,22,24-44,46,48-52,54,56-60H2,1-2H3,(H,79,84)/b17-15-,23-21-,47-45+,55-53+. The van der Waals surface area contributed by atoms with Crippen molar-refractivity contribution in [2.75, 3.05) is 26.4 Å². The van der Waals surface area contributed by atoms with Crippen molar-refractivity contribution >= 4 is 5.91 Å². The minimum atomic E-state index is -1.98. The molecule has 97 heavy (non-hydrogen) atoms. The van der Waals surface area contributed by atoms with Crippen molar-refractivity contribution in [3.05, 3.63) is 48.6 Å². The fourth-order valence-corrected chi connectivity index (χ4v) is 13.2. The summed E-state index contributed by atoms with van der Waals surface area (Å²) in [6, 6.07) is -0.992. The van der Waals surface area contributed by atoms with E-state index < -0.39 is 124 Å². The molecule has 12 N–H and O–H groups in total. The molecule has 568 valence electrons. The maximum absolute atomic E-state index is 13.5. The lowest BCUT2D eigenvalue weighted by Gasteiger charge is -2.48. The van der Waals surface area contributed by atoms with Gasteiger partial charge in [-0.1, -0.05) is 287 Å². The number of allylic oxidation sites excluding steroid dienone is 7. The lowest BCUT2D eigenvalue weighted by Crippen LogP contribution is -2.66. The molecule has 0 aromatic carbocycles. The molecule has 19 nitrogen and oxygen atoms in total. The van der Waals surface area contributed by atoms with Gasteiger partial charge in [-0.15, -0.1) is 0 Å². The normalized spacial score (nSPS) is 27.1. The highest BCUT2D eigenvalue weighted by molar-refractivity contribution is 5.76. The number of nitrogens with one attached hydrogen (secondary N) is 1. The summed E-state index contributed by atoms with van der Waals surface area (Å²) in [7, 11) is 0. The molecule has 0 bridgehead atoms. The molecule has 0 radical (unpaired) electrons. The van der Waals surface area contributed by atoms with Gasteiger partial charge in [0.2, 0.25) is 5.91 Å². The smallest absolute Gasteiger partial charge is 0.220 e. The van der Waals surface area contributed by atoms with E-state index in [-0.39, 0.29) is 18.9 Å². The monoisotopic (exact) mass is 1380 g/mol. The average Bonchev–Trinajstić information content (AvgIpc) is 0.790. The van der Waals surface area contributed by atoms with E-state index in [2.05, 4.69) is 55.6 Å². The van der Waals surface area contributed by atoms with Gasteiger partial charge in [0.15, 0.2) is 18.9 Å². The molecule has 17 unspecified atom stereocenters. The fourth-order valence-electron chi connectivity index (χ4n) is 13.2. The fraction of sp³-hybridized carbons (Fsp3) is 0.885. The number of carbonyl (C=O) groups excluding carboxylic acids is 1. The van der Waals surface area contributed by atoms with Gasteiger partial charge in [0.05, 0.1) is 38.6 Å². The average molecular weight is 1380 g/mol. The van der Waals surface area contributed by atoms with Crippen LogP contribution in [0.4, 0.5) is 0 Å². The molecule has 3 fully saturated rings. The van der Waals surface area contributed by atoms with Crippen LogP contribution in [0.5, 0.6) is 0 Å². The second-order valence-corrected chi connectivity index (χ2v) is 28.2. The van der Waals surface area contributed by atoms with Gasteiger partial charge < -0.3 is 89.9 Å². The summed E-state index contributed by atoms with van der Waals surface area (Å²) in [5.41, 5.74) is 0. The zero-order valence-electron chi connectivity index (χ0n) is 60.6. The highest BCUT2D eigenvalue weighted by atomic mass is 16.8. The van der Waals surface area contributed by atoms with Crippen LogP contribution in [-0.4, -0.2) is 193 Å². The Labute approximate surface area is 586 Å². The first-order valence-corrected chi connectivity index (χ1v) is 39.4. The lowest BCUT2D eigenvalue weighted by molar-refractivity contribution is -0.379. The quantitative estimate of drug-likeness (QED) is 0.0199. The van der Waals surface area contributed by atoms with Gasteiger partial charge in [0.1, 0.15) is 73.2 Å². The van der Waals surface area contributed by atoms with Crippen molar-refractivity contribution in [2.45, 2.75) is 413 Å². The van der Waals surface area contributed by atoms with Gasteiger partial charge in [0.25, 0.3) is 0 Å². The van der Waals surface area contributed by atoms with Gasteiger partial charge >= 0.3 is 0 Å². The zero-order chi connectivity index (χ0) is 70.4. The van der Waals surface area contributed by atoms with Crippen LogP contribution in [0.2, 0.25) is 0 Å². The molecule has 3 saturated heterocycles. The number of hydrogen-bond donors (Lipinski definition) is 12. The molecule has 3 aliphatic rings. The van der Waals surface area contributed by atoms with Crippen LogP contribution in [0.1, 0.15) is 309 Å². The van der Waals surface area contributed by atoms with Crippen LogP contribution in [0.25, 0.3) is 0 Å². The van der Waals surface area contributed by atoms with E-state index in [0.717, 1.165) is 44.9 Å². The SMILES string of the molecule is CCCCCCC/C=C\C/C=C\CCCCCCCCCCCCCCCCCC(=O)NC(COC1OC(CO)C(OC2OC(CO)C(OC3OC(CO)C(O)C(O)C3O)C(O)C2O)C(O)C1O)C(O)/C=C/CC/C=C/CCCCCCCCCCCCCCCCCCCCC. The molecule has 19 heteroatoms. The molecule has 3 aliphatic heterocycles. The zero-order valence-corrected chi connectivity index (χ0v) is 60.6. The Bertz CT molecular complexity index is 1940. The van der Waals surface area contributed by atoms with Gasteiger partial charge in [-0.25, -0.2) is 0 Å². The third kappa shape index (κ3) is 39.8. The van der Waals surface area contributed by atoms with Crippen molar-refractivity contribution in [2.24, 2.45) is 0 Å². The van der Waals surface area contributed by atoms with Gasteiger partial charge in [-0.05, 0) is 64.2 Å². The van der Waals surface area contributed by atoms with E-state index in [0.29, 0.717) is 12.8 Å². The maximum Gasteiger partial charge on any atom is 0.220 e. The Morgan fingerprint density at radius 3 is 1.09 bits per heavy atom. The summed E-state index contributed by atoms with van der Waals surface area (Å²) < 4.78 is 34.4. The number of hydrogen-bond acceptors (Lipinski definition) is 18. The summed E-state index contributed by atoms with van der Waals surface area (Å²) in [5.74, 6) is -0.282. The van der Waals surface area contributed by atoms with E-state index >= 15 is 0 Å². The second-order valence-electron chi connectivity index (χ2n) is 28.2. The van der Waals surface area contributed by atoms with E-state index in [9.17, 15) is 61.0 Å². The molecule has 0 aliphatic carbocycles. The minimum absolute atomic E-state index is 0.236. The molecule has 1 amide bonds. The largest absolute Gasteiger partial charge is 0.394 e.